The molecule has 3 rings (SSSR count). The van der Waals surface area contributed by atoms with Crippen LogP contribution in [0.25, 0.3) is 5.57 Å². The SMILES string of the molecule is CC(C)C1CCC2=C(C1)c1cc(F)cnc1C2. The summed E-state index contributed by atoms with van der Waals surface area (Å²) in [6.45, 7) is 4.58. The van der Waals surface area contributed by atoms with Gasteiger partial charge in [0.25, 0.3) is 0 Å². The van der Waals surface area contributed by atoms with Gasteiger partial charge in [0.05, 0.1) is 11.9 Å². The summed E-state index contributed by atoms with van der Waals surface area (Å²) in [4.78, 5) is 4.24. The van der Waals surface area contributed by atoms with Crippen LogP contribution in [0, 0.1) is 17.7 Å². The molecule has 17 heavy (non-hydrogen) atoms. The average Bonchev–Trinajstić information content (AvgIpc) is 2.66. The van der Waals surface area contributed by atoms with Crippen LogP contribution in [-0.2, 0) is 6.42 Å². The van der Waals surface area contributed by atoms with Gasteiger partial charge in [0.15, 0.2) is 0 Å². The molecule has 1 aromatic heterocycles. The van der Waals surface area contributed by atoms with Crippen molar-refractivity contribution in [2.24, 2.45) is 11.8 Å². The molecule has 0 amide bonds. The highest BCUT2D eigenvalue weighted by molar-refractivity contribution is 5.76. The van der Waals surface area contributed by atoms with E-state index in [9.17, 15) is 4.39 Å². The Kier molecular flexibility index (Phi) is 2.53. The van der Waals surface area contributed by atoms with Crippen molar-refractivity contribution in [2.45, 2.75) is 39.5 Å². The van der Waals surface area contributed by atoms with Gasteiger partial charge in [-0.1, -0.05) is 19.4 Å². The van der Waals surface area contributed by atoms with E-state index < -0.39 is 0 Å². The van der Waals surface area contributed by atoms with Gasteiger partial charge in [0.1, 0.15) is 5.82 Å². The van der Waals surface area contributed by atoms with Crippen LogP contribution >= 0.6 is 0 Å². The lowest BCUT2D eigenvalue weighted by Crippen LogP contribution is -2.13. The third kappa shape index (κ3) is 1.80. The summed E-state index contributed by atoms with van der Waals surface area (Å²) in [5.74, 6) is 1.27. The van der Waals surface area contributed by atoms with Crippen LogP contribution in [0.15, 0.2) is 17.8 Å². The van der Waals surface area contributed by atoms with E-state index in [1.165, 1.54) is 30.2 Å². The summed E-state index contributed by atoms with van der Waals surface area (Å²) in [6, 6.07) is 1.67. The molecule has 2 aliphatic rings. The van der Waals surface area contributed by atoms with E-state index >= 15 is 0 Å². The van der Waals surface area contributed by atoms with Gasteiger partial charge in [-0.25, -0.2) is 4.39 Å². The summed E-state index contributed by atoms with van der Waals surface area (Å²) in [5.41, 5.74) is 5.08. The van der Waals surface area contributed by atoms with Gasteiger partial charge in [0.2, 0.25) is 0 Å². The molecular formula is C15H18FN. The van der Waals surface area contributed by atoms with Crippen molar-refractivity contribution in [3.05, 3.63) is 34.9 Å². The van der Waals surface area contributed by atoms with Crippen molar-refractivity contribution in [1.29, 1.82) is 0 Å². The van der Waals surface area contributed by atoms with Gasteiger partial charge in [0, 0.05) is 12.0 Å². The van der Waals surface area contributed by atoms with E-state index in [2.05, 4.69) is 18.8 Å². The van der Waals surface area contributed by atoms with Crippen molar-refractivity contribution in [3.8, 4) is 0 Å². The van der Waals surface area contributed by atoms with Gasteiger partial charge < -0.3 is 0 Å². The van der Waals surface area contributed by atoms with Crippen molar-refractivity contribution in [2.75, 3.05) is 0 Å². The fraction of sp³-hybridized carbons (Fsp3) is 0.533. The van der Waals surface area contributed by atoms with E-state index in [0.29, 0.717) is 0 Å². The van der Waals surface area contributed by atoms with E-state index in [1.54, 1.807) is 6.07 Å². The summed E-state index contributed by atoms with van der Waals surface area (Å²) in [6.07, 6.45) is 5.88. The minimum Gasteiger partial charge on any atom is -0.257 e. The standard InChI is InChI=1S/C15H18FN/c1-9(2)10-3-4-11-6-15-14(13(11)5-10)7-12(16)8-17-15/h7-10H,3-6H2,1-2H3. The number of aromatic nitrogens is 1. The maximum absolute atomic E-state index is 13.3. The maximum atomic E-state index is 13.3. The number of fused-ring (bicyclic) bond motifs is 2. The van der Waals surface area contributed by atoms with Gasteiger partial charge in [-0.15, -0.1) is 0 Å². The highest BCUT2D eigenvalue weighted by atomic mass is 19.1. The Balaban J connectivity index is 1.97. The first-order chi connectivity index (χ1) is 8.15. The molecule has 0 N–H and O–H groups in total. The quantitative estimate of drug-likeness (QED) is 0.712. The second kappa shape index (κ2) is 3.94. The van der Waals surface area contributed by atoms with Crippen molar-refractivity contribution < 1.29 is 4.39 Å². The van der Waals surface area contributed by atoms with Crippen molar-refractivity contribution in [3.63, 3.8) is 0 Å². The second-order valence-corrected chi connectivity index (χ2v) is 5.65. The third-order valence-electron chi connectivity index (χ3n) is 4.30. The summed E-state index contributed by atoms with van der Waals surface area (Å²) < 4.78 is 13.3. The van der Waals surface area contributed by atoms with Gasteiger partial charge in [-0.2, -0.15) is 0 Å². The Bertz CT molecular complexity index is 488. The van der Waals surface area contributed by atoms with Crippen LogP contribution < -0.4 is 0 Å². The molecule has 0 fully saturated rings. The third-order valence-corrected chi connectivity index (χ3v) is 4.30. The van der Waals surface area contributed by atoms with Crippen LogP contribution in [0.3, 0.4) is 0 Å². The van der Waals surface area contributed by atoms with Crippen LogP contribution in [0.2, 0.25) is 0 Å². The van der Waals surface area contributed by atoms with Crippen molar-refractivity contribution in [1.82, 2.24) is 4.98 Å². The van der Waals surface area contributed by atoms with Crippen LogP contribution in [0.4, 0.5) is 4.39 Å². The highest BCUT2D eigenvalue weighted by Crippen LogP contribution is 2.44. The zero-order valence-corrected chi connectivity index (χ0v) is 10.5. The molecule has 1 aromatic rings. The summed E-state index contributed by atoms with van der Waals surface area (Å²) in [7, 11) is 0. The number of allylic oxidation sites excluding steroid dienone is 2. The van der Waals surface area contributed by atoms with Crippen LogP contribution in [-0.4, -0.2) is 4.98 Å². The molecule has 0 radical (unpaired) electrons. The van der Waals surface area contributed by atoms with E-state index in [0.717, 1.165) is 35.9 Å². The zero-order chi connectivity index (χ0) is 12.0. The molecular weight excluding hydrogens is 213 g/mol. The molecule has 90 valence electrons. The Morgan fingerprint density at radius 2 is 2.24 bits per heavy atom. The van der Waals surface area contributed by atoms with Crippen molar-refractivity contribution >= 4 is 5.57 Å². The molecule has 2 aliphatic carbocycles. The van der Waals surface area contributed by atoms with Crippen LogP contribution in [0.1, 0.15) is 44.4 Å². The number of halogens is 1. The smallest absolute Gasteiger partial charge is 0.142 e. The molecule has 1 heterocycles. The first kappa shape index (κ1) is 10.9. The van der Waals surface area contributed by atoms with Gasteiger partial charge in [-0.3, -0.25) is 4.98 Å². The predicted molar refractivity (Wildman–Crippen MR) is 67.0 cm³/mol. The largest absolute Gasteiger partial charge is 0.257 e. The molecule has 0 aliphatic heterocycles. The number of rotatable bonds is 1. The number of nitrogens with zero attached hydrogens (tertiary/aromatic N) is 1. The molecule has 1 nitrogen and oxygen atoms in total. The Labute approximate surface area is 102 Å². The fourth-order valence-electron chi connectivity index (χ4n) is 3.16. The van der Waals surface area contributed by atoms with Gasteiger partial charge >= 0.3 is 0 Å². The zero-order valence-electron chi connectivity index (χ0n) is 10.5. The number of pyridine rings is 1. The number of hydrogen-bond donors (Lipinski definition) is 0. The first-order valence-electron chi connectivity index (χ1n) is 6.51. The summed E-state index contributed by atoms with van der Waals surface area (Å²) >= 11 is 0. The summed E-state index contributed by atoms with van der Waals surface area (Å²) in [5, 5.41) is 0. The normalized spacial score (nSPS) is 22.9. The lowest BCUT2D eigenvalue weighted by molar-refractivity contribution is 0.357. The minimum atomic E-state index is -0.204. The molecule has 0 bridgehead atoms. The predicted octanol–water partition coefficient (Wildman–Crippen LogP) is 3.99. The Morgan fingerprint density at radius 1 is 1.41 bits per heavy atom. The lowest BCUT2D eigenvalue weighted by Gasteiger charge is -2.27. The highest BCUT2D eigenvalue weighted by Gasteiger charge is 2.30. The van der Waals surface area contributed by atoms with Gasteiger partial charge in [-0.05, 0) is 42.7 Å². The topological polar surface area (TPSA) is 12.9 Å². The Morgan fingerprint density at radius 3 is 3.00 bits per heavy atom. The van der Waals surface area contributed by atoms with E-state index in [-0.39, 0.29) is 5.82 Å². The molecule has 1 unspecified atom stereocenters. The molecule has 0 spiro atoms. The van der Waals surface area contributed by atoms with E-state index in [1.807, 2.05) is 0 Å². The fourth-order valence-corrected chi connectivity index (χ4v) is 3.16. The molecule has 2 heteroatoms. The lowest BCUT2D eigenvalue weighted by atomic mass is 9.78. The molecule has 0 saturated carbocycles. The number of hydrogen-bond acceptors (Lipinski definition) is 1. The minimum absolute atomic E-state index is 0.204. The maximum Gasteiger partial charge on any atom is 0.142 e. The van der Waals surface area contributed by atoms with E-state index in [4.69, 9.17) is 0 Å². The monoisotopic (exact) mass is 231 g/mol. The molecule has 1 atom stereocenters. The first-order valence-corrected chi connectivity index (χ1v) is 6.51. The molecule has 0 saturated heterocycles. The Hall–Kier alpha value is -1.18. The van der Waals surface area contributed by atoms with Crippen LogP contribution in [0.5, 0.6) is 0 Å². The second-order valence-electron chi connectivity index (χ2n) is 5.65. The molecule has 0 aromatic carbocycles. The average molecular weight is 231 g/mol.